The number of methoxy groups -OCH3 is 1. The summed E-state index contributed by atoms with van der Waals surface area (Å²) < 4.78 is 30.5. The lowest BCUT2D eigenvalue weighted by atomic mass is 10.2. The van der Waals surface area contributed by atoms with Gasteiger partial charge in [0.1, 0.15) is 12.3 Å². The van der Waals surface area contributed by atoms with Crippen molar-refractivity contribution in [2.75, 3.05) is 24.2 Å². The van der Waals surface area contributed by atoms with Crippen molar-refractivity contribution in [3.63, 3.8) is 0 Å². The van der Waals surface area contributed by atoms with Gasteiger partial charge in [-0.15, -0.1) is 0 Å². The normalized spacial score (nSPS) is 11.1. The minimum Gasteiger partial charge on any atom is -0.495 e. The molecule has 9 heteroatoms. The summed E-state index contributed by atoms with van der Waals surface area (Å²) in [4.78, 5) is 12.3. The number of nitrogens with one attached hydrogen (secondary N) is 1. The van der Waals surface area contributed by atoms with E-state index in [1.807, 2.05) is 0 Å². The quantitative estimate of drug-likeness (QED) is 0.752. The van der Waals surface area contributed by atoms with Gasteiger partial charge in [0, 0.05) is 16.6 Å². The minimum absolute atomic E-state index is 0.183. The van der Waals surface area contributed by atoms with E-state index in [0.29, 0.717) is 15.8 Å². The first-order valence-electron chi connectivity index (χ1n) is 7.53. The molecule has 2 rings (SSSR count). The Morgan fingerprint density at radius 3 is 2.50 bits per heavy atom. The summed E-state index contributed by atoms with van der Waals surface area (Å²) in [6.07, 6.45) is 1.01. The summed E-state index contributed by atoms with van der Waals surface area (Å²) in [5.41, 5.74) is 0.921. The van der Waals surface area contributed by atoms with Crippen molar-refractivity contribution >= 4 is 44.8 Å². The van der Waals surface area contributed by atoms with Crippen molar-refractivity contribution in [3.8, 4) is 5.75 Å². The van der Waals surface area contributed by atoms with Crippen molar-refractivity contribution in [3.05, 3.63) is 58.1 Å². The van der Waals surface area contributed by atoms with E-state index >= 15 is 0 Å². The fraction of sp³-hybridized carbons (Fsp3) is 0.235. The van der Waals surface area contributed by atoms with Gasteiger partial charge in [-0.2, -0.15) is 0 Å². The minimum atomic E-state index is -3.75. The number of benzene rings is 2. The Morgan fingerprint density at radius 2 is 1.88 bits per heavy atom. The predicted molar refractivity (Wildman–Crippen MR) is 103 cm³/mol. The number of halogens is 2. The van der Waals surface area contributed by atoms with Crippen LogP contribution in [0.2, 0.25) is 10.0 Å². The summed E-state index contributed by atoms with van der Waals surface area (Å²) in [6.45, 7) is -0.233. The van der Waals surface area contributed by atoms with E-state index in [0.717, 1.165) is 16.1 Å². The van der Waals surface area contributed by atoms with Crippen LogP contribution in [0.1, 0.15) is 5.56 Å². The van der Waals surface area contributed by atoms with Gasteiger partial charge in [-0.25, -0.2) is 8.42 Å². The van der Waals surface area contributed by atoms with E-state index in [1.54, 1.807) is 30.3 Å². The van der Waals surface area contributed by atoms with E-state index < -0.39 is 22.5 Å². The van der Waals surface area contributed by atoms with Crippen LogP contribution in [-0.4, -0.2) is 34.2 Å². The molecule has 6 nitrogen and oxygen atoms in total. The molecule has 2 aromatic carbocycles. The van der Waals surface area contributed by atoms with Crippen LogP contribution in [0.3, 0.4) is 0 Å². The Balaban J connectivity index is 2.20. The fourth-order valence-corrected chi connectivity index (χ4v) is 3.48. The van der Waals surface area contributed by atoms with Crippen LogP contribution >= 0.6 is 23.2 Å². The third-order valence-corrected chi connectivity index (χ3v) is 5.26. The molecule has 0 atom stereocenters. The molecule has 0 heterocycles. The van der Waals surface area contributed by atoms with Crippen molar-refractivity contribution in [2.24, 2.45) is 0 Å². The first-order chi connectivity index (χ1) is 12.2. The molecule has 26 heavy (non-hydrogen) atoms. The highest BCUT2D eigenvalue weighted by molar-refractivity contribution is 7.92. The molecular formula is C17H18Cl2N2O4S. The van der Waals surface area contributed by atoms with Gasteiger partial charge in [0.2, 0.25) is 15.9 Å². The lowest BCUT2D eigenvalue weighted by molar-refractivity contribution is -0.119. The van der Waals surface area contributed by atoms with Crippen LogP contribution < -0.4 is 14.4 Å². The molecule has 1 amide bonds. The second-order valence-corrected chi connectivity index (χ2v) is 8.20. The second kappa shape index (κ2) is 8.62. The van der Waals surface area contributed by atoms with Crippen LogP contribution in [0.15, 0.2) is 42.5 Å². The lowest BCUT2D eigenvalue weighted by Gasteiger charge is -2.24. The molecule has 0 spiro atoms. The number of anilines is 1. The van der Waals surface area contributed by atoms with Gasteiger partial charge in [-0.3, -0.25) is 9.10 Å². The number of rotatable bonds is 7. The molecule has 0 aliphatic heterocycles. The standard InChI is InChI=1S/C17H18Cl2N2O4S/c1-25-16-8-7-13(18)9-15(16)21(26(2,23)24)11-17(22)20-10-12-5-3-4-6-14(12)19/h3-9H,10-11H2,1-2H3,(H,20,22). The number of hydrogen-bond acceptors (Lipinski definition) is 4. The maximum atomic E-state index is 12.3. The monoisotopic (exact) mass is 416 g/mol. The highest BCUT2D eigenvalue weighted by Crippen LogP contribution is 2.32. The Bertz CT molecular complexity index is 903. The second-order valence-electron chi connectivity index (χ2n) is 5.45. The van der Waals surface area contributed by atoms with E-state index in [1.165, 1.54) is 19.2 Å². The van der Waals surface area contributed by atoms with Crippen molar-refractivity contribution in [2.45, 2.75) is 6.54 Å². The maximum absolute atomic E-state index is 12.3. The van der Waals surface area contributed by atoms with E-state index in [-0.39, 0.29) is 12.2 Å². The molecule has 0 saturated carbocycles. The molecule has 0 bridgehead atoms. The fourth-order valence-electron chi connectivity index (χ4n) is 2.26. The predicted octanol–water partition coefficient (Wildman–Crippen LogP) is 3.08. The van der Waals surface area contributed by atoms with E-state index in [4.69, 9.17) is 27.9 Å². The highest BCUT2D eigenvalue weighted by atomic mass is 35.5. The van der Waals surface area contributed by atoms with Gasteiger partial charge in [-0.05, 0) is 29.8 Å². The zero-order valence-electron chi connectivity index (χ0n) is 14.2. The Kier molecular flexibility index (Phi) is 6.75. The van der Waals surface area contributed by atoms with Crippen LogP contribution in [0, 0.1) is 0 Å². The molecule has 0 radical (unpaired) electrons. The third-order valence-electron chi connectivity index (χ3n) is 3.53. The van der Waals surface area contributed by atoms with Crippen molar-refractivity contribution in [1.29, 1.82) is 0 Å². The Morgan fingerprint density at radius 1 is 1.19 bits per heavy atom. The maximum Gasteiger partial charge on any atom is 0.241 e. The lowest BCUT2D eigenvalue weighted by Crippen LogP contribution is -2.40. The summed E-state index contributed by atoms with van der Waals surface area (Å²) in [5.74, 6) is -0.198. The van der Waals surface area contributed by atoms with Gasteiger partial charge in [-0.1, -0.05) is 41.4 Å². The smallest absolute Gasteiger partial charge is 0.241 e. The summed E-state index contributed by atoms with van der Waals surface area (Å²) >= 11 is 12.0. The number of amides is 1. The zero-order valence-corrected chi connectivity index (χ0v) is 16.5. The number of hydrogen-bond donors (Lipinski definition) is 1. The van der Waals surface area contributed by atoms with E-state index in [9.17, 15) is 13.2 Å². The number of carbonyl (C=O) groups is 1. The van der Waals surface area contributed by atoms with Gasteiger partial charge >= 0.3 is 0 Å². The highest BCUT2D eigenvalue weighted by Gasteiger charge is 2.24. The molecule has 0 fully saturated rings. The molecule has 0 aliphatic carbocycles. The molecule has 2 aromatic rings. The van der Waals surface area contributed by atoms with Gasteiger partial charge < -0.3 is 10.1 Å². The molecule has 0 aliphatic rings. The first kappa shape index (κ1) is 20.4. The third kappa shape index (κ3) is 5.27. The first-order valence-corrected chi connectivity index (χ1v) is 10.1. The van der Waals surface area contributed by atoms with Crippen LogP contribution in [0.4, 0.5) is 5.69 Å². The molecular weight excluding hydrogens is 399 g/mol. The average Bonchev–Trinajstić information content (AvgIpc) is 2.58. The van der Waals surface area contributed by atoms with Gasteiger partial charge in [0.25, 0.3) is 0 Å². The molecule has 1 N–H and O–H groups in total. The molecule has 0 saturated heterocycles. The Labute approximate surface area is 162 Å². The largest absolute Gasteiger partial charge is 0.495 e. The zero-order chi connectivity index (χ0) is 19.3. The average molecular weight is 417 g/mol. The summed E-state index contributed by atoms with van der Waals surface area (Å²) in [7, 11) is -2.34. The Hall–Kier alpha value is -1.96. The summed E-state index contributed by atoms with van der Waals surface area (Å²) in [6, 6.07) is 11.6. The topological polar surface area (TPSA) is 75.7 Å². The number of ether oxygens (including phenoxy) is 1. The van der Waals surface area contributed by atoms with Gasteiger partial charge in [0.15, 0.2) is 0 Å². The SMILES string of the molecule is COc1ccc(Cl)cc1N(CC(=O)NCc1ccccc1Cl)S(C)(=O)=O. The number of carbonyl (C=O) groups excluding carboxylic acids is 1. The van der Waals surface area contributed by atoms with Crippen LogP contribution in [0.25, 0.3) is 0 Å². The van der Waals surface area contributed by atoms with Gasteiger partial charge in [0.05, 0.1) is 19.1 Å². The summed E-state index contributed by atoms with van der Waals surface area (Å²) in [5, 5.41) is 3.50. The molecule has 0 aromatic heterocycles. The van der Waals surface area contributed by atoms with E-state index in [2.05, 4.69) is 5.32 Å². The van der Waals surface area contributed by atoms with Crippen molar-refractivity contribution in [1.82, 2.24) is 5.32 Å². The van der Waals surface area contributed by atoms with Crippen molar-refractivity contribution < 1.29 is 17.9 Å². The van der Waals surface area contributed by atoms with Crippen LogP contribution in [0.5, 0.6) is 5.75 Å². The molecule has 0 unspecified atom stereocenters. The van der Waals surface area contributed by atoms with Crippen LogP contribution in [-0.2, 0) is 21.4 Å². The molecule has 140 valence electrons. The number of sulfonamides is 1. The number of nitrogens with zero attached hydrogens (tertiary/aromatic N) is 1.